The maximum absolute atomic E-state index is 16.1. The maximum Gasteiger partial charge on any atom is 0.350 e. The number of aromatic nitrogens is 2. The molecule has 1 amide bonds. The Morgan fingerprint density at radius 3 is 2.23 bits per heavy atom. The predicted octanol–water partition coefficient (Wildman–Crippen LogP) is 4.16. The zero-order chi connectivity index (χ0) is 27.6. The van der Waals surface area contributed by atoms with E-state index in [1.807, 2.05) is 6.92 Å². The zero-order valence-corrected chi connectivity index (χ0v) is 21.8. The number of nitrogens with zero attached hydrogens (tertiary/aromatic N) is 2. The highest BCUT2D eigenvalue weighted by molar-refractivity contribution is 8.01. The smallest absolute Gasteiger partial charge is 0.350 e. The van der Waals surface area contributed by atoms with Gasteiger partial charge in [-0.15, -0.1) is 11.8 Å². The number of carbonyl (C=O) groups is 3. The van der Waals surface area contributed by atoms with Crippen LogP contribution in [0.5, 0.6) is 0 Å². The van der Waals surface area contributed by atoms with Crippen molar-refractivity contribution in [1.29, 1.82) is 0 Å². The number of esters is 2. The second-order valence-corrected chi connectivity index (χ2v) is 10.8. The van der Waals surface area contributed by atoms with Crippen molar-refractivity contribution >= 4 is 35.4 Å². The highest BCUT2D eigenvalue weighted by Crippen LogP contribution is 2.65. The van der Waals surface area contributed by atoms with Gasteiger partial charge >= 0.3 is 17.6 Å². The summed E-state index contributed by atoms with van der Waals surface area (Å²) in [5.74, 6) is -1.51. The number of hydrogen-bond acceptors (Lipinski definition) is 8. The fourth-order valence-corrected chi connectivity index (χ4v) is 6.34. The lowest BCUT2D eigenvalue weighted by molar-refractivity contribution is -0.116. The molecule has 0 bridgehead atoms. The first-order chi connectivity index (χ1) is 18.8. The lowest BCUT2D eigenvalue weighted by atomic mass is 10.1. The quantitative estimate of drug-likeness (QED) is 0.415. The molecule has 2 aliphatic rings. The van der Waals surface area contributed by atoms with Crippen molar-refractivity contribution in [3.05, 3.63) is 94.5 Å². The Labute approximate surface area is 227 Å². The number of alkyl halides is 1. The fourth-order valence-electron chi connectivity index (χ4n) is 4.58. The molecule has 0 radical (unpaired) electrons. The third kappa shape index (κ3) is 5.44. The summed E-state index contributed by atoms with van der Waals surface area (Å²) in [4.78, 5) is 54.2. The molecule has 3 aromatic rings. The van der Waals surface area contributed by atoms with Gasteiger partial charge in [0.05, 0.1) is 15.9 Å². The molecule has 2 aromatic carbocycles. The Balaban J connectivity index is 1.40. The van der Waals surface area contributed by atoms with Crippen LogP contribution in [0, 0.1) is 0 Å². The van der Waals surface area contributed by atoms with Gasteiger partial charge in [0, 0.05) is 19.0 Å². The van der Waals surface area contributed by atoms with Crippen LogP contribution >= 0.6 is 11.8 Å². The molecule has 1 aliphatic heterocycles. The summed E-state index contributed by atoms with van der Waals surface area (Å²) in [5, 5.41) is 1.45. The van der Waals surface area contributed by atoms with Crippen molar-refractivity contribution in [2.45, 2.75) is 54.7 Å². The minimum atomic E-state index is -1.80. The Morgan fingerprint density at radius 1 is 1.03 bits per heavy atom. The molecule has 202 valence electrons. The number of carbonyl (C=O) groups excluding carboxylic acids is 3. The number of thioether (sulfide) groups is 1. The molecule has 1 N–H and O–H groups in total. The van der Waals surface area contributed by atoms with E-state index in [9.17, 15) is 19.2 Å². The van der Waals surface area contributed by atoms with E-state index < -0.39 is 46.1 Å². The molecule has 9 nitrogen and oxygen atoms in total. The zero-order valence-electron chi connectivity index (χ0n) is 21.0. The van der Waals surface area contributed by atoms with Gasteiger partial charge in [0.1, 0.15) is 17.3 Å². The number of anilines is 1. The van der Waals surface area contributed by atoms with Crippen LogP contribution in [0.1, 0.15) is 52.3 Å². The Bertz CT molecular complexity index is 1440. The van der Waals surface area contributed by atoms with Gasteiger partial charge < -0.3 is 14.8 Å². The molecule has 5 atom stereocenters. The van der Waals surface area contributed by atoms with E-state index in [-0.39, 0.29) is 30.1 Å². The number of ether oxygens (including phenoxy) is 2. The molecule has 5 rings (SSSR count). The molecule has 2 heterocycles. The predicted molar refractivity (Wildman–Crippen MR) is 142 cm³/mol. The van der Waals surface area contributed by atoms with Gasteiger partial charge in [0.15, 0.2) is 12.3 Å². The van der Waals surface area contributed by atoms with Crippen molar-refractivity contribution in [1.82, 2.24) is 9.55 Å². The normalized spacial score (nSPS) is 25.2. The van der Waals surface area contributed by atoms with Crippen molar-refractivity contribution in [2.75, 3.05) is 5.32 Å². The summed E-state index contributed by atoms with van der Waals surface area (Å²) in [6, 6.07) is 18.0. The first-order valence-electron chi connectivity index (χ1n) is 12.6. The van der Waals surface area contributed by atoms with Crippen LogP contribution in [-0.4, -0.2) is 50.5 Å². The molecule has 1 aliphatic carbocycles. The highest BCUT2D eigenvalue weighted by Gasteiger charge is 2.73. The third-order valence-corrected chi connectivity index (χ3v) is 8.45. The highest BCUT2D eigenvalue weighted by atomic mass is 32.2. The van der Waals surface area contributed by atoms with Gasteiger partial charge in [0.25, 0.3) is 0 Å². The topological polar surface area (TPSA) is 117 Å². The van der Waals surface area contributed by atoms with E-state index in [0.717, 1.165) is 16.3 Å². The Kier molecular flexibility index (Phi) is 7.51. The fraction of sp³-hybridized carbons (Fsp3) is 0.321. The first kappa shape index (κ1) is 26.6. The van der Waals surface area contributed by atoms with Gasteiger partial charge in [0.2, 0.25) is 5.91 Å². The van der Waals surface area contributed by atoms with Gasteiger partial charge in [-0.25, -0.2) is 18.8 Å². The summed E-state index contributed by atoms with van der Waals surface area (Å²) in [6.07, 6.45) is -1.32. The van der Waals surface area contributed by atoms with Crippen LogP contribution in [0.3, 0.4) is 0 Å². The van der Waals surface area contributed by atoms with Crippen LogP contribution < -0.4 is 11.0 Å². The number of rotatable bonds is 8. The molecule has 1 saturated carbocycles. The Morgan fingerprint density at radius 2 is 1.64 bits per heavy atom. The SMILES string of the molecule is CCCC(=O)Nc1ccn([C@@H]2SC3(CC3OC(=O)c3ccccc3)[C@@H](OC(=O)c3ccccc3)[C@@H]2F)c(=O)n1. The summed E-state index contributed by atoms with van der Waals surface area (Å²) in [7, 11) is 0. The van der Waals surface area contributed by atoms with E-state index in [1.165, 1.54) is 12.3 Å². The van der Waals surface area contributed by atoms with E-state index in [4.69, 9.17) is 9.47 Å². The van der Waals surface area contributed by atoms with Gasteiger partial charge in [-0.1, -0.05) is 43.3 Å². The van der Waals surface area contributed by atoms with E-state index in [2.05, 4.69) is 10.3 Å². The largest absolute Gasteiger partial charge is 0.457 e. The van der Waals surface area contributed by atoms with E-state index >= 15 is 4.39 Å². The third-order valence-electron chi connectivity index (χ3n) is 6.62. The average Bonchev–Trinajstić information content (AvgIpc) is 3.55. The second-order valence-electron chi connectivity index (χ2n) is 9.36. The van der Waals surface area contributed by atoms with Crippen LogP contribution in [0.2, 0.25) is 0 Å². The molecule has 2 fully saturated rings. The molecule has 39 heavy (non-hydrogen) atoms. The van der Waals surface area contributed by atoms with Crippen molar-refractivity contribution in [3.8, 4) is 0 Å². The van der Waals surface area contributed by atoms with Crippen LogP contribution in [0.15, 0.2) is 77.7 Å². The molecule has 2 unspecified atom stereocenters. The van der Waals surface area contributed by atoms with E-state index in [1.54, 1.807) is 60.7 Å². The van der Waals surface area contributed by atoms with Crippen LogP contribution in [0.4, 0.5) is 10.2 Å². The van der Waals surface area contributed by atoms with Gasteiger partial charge in [-0.2, -0.15) is 4.98 Å². The molecule has 1 aromatic heterocycles. The number of hydrogen-bond donors (Lipinski definition) is 1. The monoisotopic (exact) mass is 551 g/mol. The summed E-state index contributed by atoms with van der Waals surface area (Å²) in [6.45, 7) is 1.85. The van der Waals surface area contributed by atoms with Crippen LogP contribution in [0.25, 0.3) is 0 Å². The lowest BCUT2D eigenvalue weighted by Gasteiger charge is -2.21. The average molecular weight is 552 g/mol. The van der Waals surface area contributed by atoms with Crippen molar-refractivity contribution < 1.29 is 28.2 Å². The van der Waals surface area contributed by atoms with Crippen molar-refractivity contribution in [2.24, 2.45) is 0 Å². The molecule has 11 heteroatoms. The van der Waals surface area contributed by atoms with Crippen LogP contribution in [-0.2, 0) is 14.3 Å². The van der Waals surface area contributed by atoms with Gasteiger partial charge in [-0.05, 0) is 36.8 Å². The summed E-state index contributed by atoms with van der Waals surface area (Å²) < 4.78 is 27.5. The maximum atomic E-state index is 16.1. The molecule has 1 saturated heterocycles. The molecular formula is C28H26FN3O6S. The van der Waals surface area contributed by atoms with Gasteiger partial charge in [-0.3, -0.25) is 9.36 Å². The van der Waals surface area contributed by atoms with E-state index in [0.29, 0.717) is 12.0 Å². The number of halogens is 1. The number of nitrogens with one attached hydrogen (secondary N) is 1. The first-order valence-corrected chi connectivity index (χ1v) is 13.4. The lowest BCUT2D eigenvalue weighted by Crippen LogP contribution is -2.38. The number of amides is 1. The minimum Gasteiger partial charge on any atom is -0.457 e. The van der Waals surface area contributed by atoms with Crippen molar-refractivity contribution in [3.63, 3.8) is 0 Å². The molecular weight excluding hydrogens is 525 g/mol. The summed E-state index contributed by atoms with van der Waals surface area (Å²) in [5.41, 5.74) is -0.180. The standard InChI is InChI=1S/C28H26FN3O6S/c1-2-9-21(33)30-20-14-15-32(27(36)31-20)24-22(29)23(38-26(35)18-12-7-4-8-13-18)28(39-24)16-19(28)37-25(34)17-10-5-3-6-11-17/h3-8,10-15,19,22-24H,2,9,16H2,1H3,(H,30,31,33,36)/t19?,22-,23-,24+,28?/m0/s1. The minimum absolute atomic E-state index is 0.0657. The number of benzene rings is 2. The molecule has 1 spiro atoms. The Hall–Kier alpha value is -3.99. The second kappa shape index (κ2) is 11.0. The summed E-state index contributed by atoms with van der Waals surface area (Å²) >= 11 is 1.08.